The molecule has 18 heavy (non-hydrogen) atoms. The number of para-hydroxylation sites is 1. The van der Waals surface area contributed by atoms with E-state index in [1.165, 1.54) is 11.1 Å². The second kappa shape index (κ2) is 5.88. The lowest BCUT2D eigenvalue weighted by Crippen LogP contribution is -2.06. The number of aryl methyl sites for hydroxylation is 1. The highest BCUT2D eigenvalue weighted by Gasteiger charge is 1.99. The molecule has 0 aliphatic heterocycles. The van der Waals surface area contributed by atoms with Gasteiger partial charge in [-0.05, 0) is 31.0 Å². The maximum Gasteiger partial charge on any atom is 0.101 e. The van der Waals surface area contributed by atoms with Gasteiger partial charge < -0.3 is 5.32 Å². The van der Waals surface area contributed by atoms with Crippen molar-refractivity contribution in [3.63, 3.8) is 0 Å². The number of rotatable bonds is 4. The summed E-state index contributed by atoms with van der Waals surface area (Å²) in [5.74, 6) is 0. The summed E-state index contributed by atoms with van der Waals surface area (Å²) in [5.41, 5.74) is 4.20. The highest BCUT2D eigenvalue weighted by atomic mass is 14.9. The van der Waals surface area contributed by atoms with Crippen molar-refractivity contribution in [2.24, 2.45) is 0 Å². The molecule has 0 saturated heterocycles. The smallest absolute Gasteiger partial charge is 0.101 e. The number of nitrogens with one attached hydrogen (secondary N) is 1. The van der Waals surface area contributed by atoms with Crippen LogP contribution in [0.4, 0.5) is 5.69 Å². The van der Waals surface area contributed by atoms with Crippen molar-refractivity contribution in [3.8, 4) is 6.07 Å². The van der Waals surface area contributed by atoms with Gasteiger partial charge in [-0.15, -0.1) is 0 Å². The molecule has 0 heterocycles. The van der Waals surface area contributed by atoms with Gasteiger partial charge in [0.25, 0.3) is 0 Å². The van der Waals surface area contributed by atoms with E-state index < -0.39 is 0 Å². The fourth-order valence-corrected chi connectivity index (χ4v) is 1.94. The zero-order valence-electron chi connectivity index (χ0n) is 10.5. The van der Waals surface area contributed by atoms with Gasteiger partial charge >= 0.3 is 0 Å². The van der Waals surface area contributed by atoms with E-state index in [1.54, 1.807) is 0 Å². The van der Waals surface area contributed by atoms with Crippen LogP contribution in [0.1, 0.15) is 16.7 Å². The molecule has 2 heteroatoms. The lowest BCUT2D eigenvalue weighted by atomic mass is 10.1. The summed E-state index contributed by atoms with van der Waals surface area (Å²) in [6.07, 6.45) is 0.960. The van der Waals surface area contributed by atoms with Gasteiger partial charge in [0.05, 0.1) is 11.3 Å². The van der Waals surface area contributed by atoms with E-state index >= 15 is 0 Å². The van der Waals surface area contributed by atoms with Crippen LogP contribution in [0.2, 0.25) is 0 Å². The van der Waals surface area contributed by atoms with E-state index in [0.29, 0.717) is 5.56 Å². The van der Waals surface area contributed by atoms with E-state index in [4.69, 9.17) is 5.26 Å². The molecule has 90 valence electrons. The van der Waals surface area contributed by atoms with Crippen LogP contribution in [0.3, 0.4) is 0 Å². The quantitative estimate of drug-likeness (QED) is 0.881. The average molecular weight is 236 g/mol. The minimum atomic E-state index is 0.696. The third-order valence-corrected chi connectivity index (χ3v) is 2.86. The lowest BCUT2D eigenvalue weighted by Gasteiger charge is -2.08. The van der Waals surface area contributed by atoms with Gasteiger partial charge in [-0.2, -0.15) is 5.26 Å². The van der Waals surface area contributed by atoms with Crippen LogP contribution in [0.15, 0.2) is 48.5 Å². The molecule has 0 unspecified atom stereocenters. The molecule has 2 aromatic carbocycles. The Kier molecular flexibility index (Phi) is 3.98. The molecule has 0 aliphatic rings. The molecule has 2 aromatic rings. The second-order valence-electron chi connectivity index (χ2n) is 4.32. The molecular weight excluding hydrogens is 220 g/mol. The van der Waals surface area contributed by atoms with Gasteiger partial charge in [0.2, 0.25) is 0 Å². The Morgan fingerprint density at radius 1 is 1.11 bits per heavy atom. The summed E-state index contributed by atoms with van der Waals surface area (Å²) >= 11 is 0. The summed E-state index contributed by atoms with van der Waals surface area (Å²) in [5, 5.41) is 12.3. The van der Waals surface area contributed by atoms with Crippen molar-refractivity contribution >= 4 is 5.69 Å². The normalized spacial score (nSPS) is 9.78. The molecule has 0 aromatic heterocycles. The highest BCUT2D eigenvalue weighted by molar-refractivity contribution is 5.57. The molecule has 0 spiro atoms. The molecule has 2 nitrogen and oxygen atoms in total. The molecule has 0 fully saturated rings. The Morgan fingerprint density at radius 3 is 2.72 bits per heavy atom. The number of anilines is 1. The Bertz CT molecular complexity index is 567. The standard InChI is InChI=1S/C16H16N2/c1-13-5-4-6-14(11-13)9-10-18-16-8-3-2-7-15(16)12-17/h2-8,11,18H,9-10H2,1H3. The molecular formula is C16H16N2. The van der Waals surface area contributed by atoms with Crippen LogP contribution >= 0.6 is 0 Å². The molecule has 0 aliphatic carbocycles. The number of hydrogen-bond donors (Lipinski definition) is 1. The van der Waals surface area contributed by atoms with Crippen LogP contribution < -0.4 is 5.32 Å². The molecule has 0 radical (unpaired) electrons. The minimum Gasteiger partial charge on any atom is -0.384 e. The predicted octanol–water partition coefficient (Wildman–Crippen LogP) is 3.52. The first-order valence-electron chi connectivity index (χ1n) is 6.08. The summed E-state index contributed by atoms with van der Waals surface area (Å²) in [6, 6.07) is 18.3. The summed E-state index contributed by atoms with van der Waals surface area (Å²) in [6.45, 7) is 2.93. The number of nitrogens with zero attached hydrogens (tertiary/aromatic N) is 1. The fourth-order valence-electron chi connectivity index (χ4n) is 1.94. The van der Waals surface area contributed by atoms with Gasteiger partial charge in [0.1, 0.15) is 6.07 Å². The molecule has 0 atom stereocenters. The summed E-state index contributed by atoms with van der Waals surface area (Å²) in [4.78, 5) is 0. The second-order valence-corrected chi connectivity index (χ2v) is 4.32. The third kappa shape index (κ3) is 3.11. The highest BCUT2D eigenvalue weighted by Crippen LogP contribution is 2.13. The van der Waals surface area contributed by atoms with Crippen molar-refractivity contribution in [3.05, 3.63) is 65.2 Å². The third-order valence-electron chi connectivity index (χ3n) is 2.86. The largest absolute Gasteiger partial charge is 0.384 e. The first-order chi connectivity index (χ1) is 8.79. The topological polar surface area (TPSA) is 35.8 Å². The van der Waals surface area contributed by atoms with Crippen molar-refractivity contribution < 1.29 is 0 Å². The maximum absolute atomic E-state index is 8.98. The van der Waals surface area contributed by atoms with Crippen molar-refractivity contribution in [2.75, 3.05) is 11.9 Å². The van der Waals surface area contributed by atoms with E-state index in [-0.39, 0.29) is 0 Å². The zero-order chi connectivity index (χ0) is 12.8. The van der Waals surface area contributed by atoms with Crippen LogP contribution in [-0.2, 0) is 6.42 Å². The zero-order valence-corrected chi connectivity index (χ0v) is 10.5. The maximum atomic E-state index is 8.98. The molecule has 0 saturated carbocycles. The minimum absolute atomic E-state index is 0.696. The van der Waals surface area contributed by atoms with Crippen molar-refractivity contribution in [2.45, 2.75) is 13.3 Å². The Hall–Kier alpha value is -2.27. The van der Waals surface area contributed by atoms with Crippen LogP contribution in [0, 0.1) is 18.3 Å². The van der Waals surface area contributed by atoms with Gasteiger partial charge in [0, 0.05) is 6.54 Å². The summed E-state index contributed by atoms with van der Waals surface area (Å²) < 4.78 is 0. The summed E-state index contributed by atoms with van der Waals surface area (Å²) in [7, 11) is 0. The van der Waals surface area contributed by atoms with E-state index in [1.807, 2.05) is 24.3 Å². The van der Waals surface area contributed by atoms with E-state index in [9.17, 15) is 0 Å². The van der Waals surface area contributed by atoms with Crippen LogP contribution in [0.25, 0.3) is 0 Å². The fraction of sp³-hybridized carbons (Fsp3) is 0.188. The molecule has 2 rings (SSSR count). The monoisotopic (exact) mass is 236 g/mol. The van der Waals surface area contributed by atoms with Crippen LogP contribution in [0.5, 0.6) is 0 Å². The molecule has 0 amide bonds. The Labute approximate surface area is 108 Å². The first kappa shape index (κ1) is 12.2. The van der Waals surface area contributed by atoms with Crippen molar-refractivity contribution in [1.29, 1.82) is 5.26 Å². The van der Waals surface area contributed by atoms with Gasteiger partial charge in [-0.25, -0.2) is 0 Å². The number of nitriles is 1. The van der Waals surface area contributed by atoms with E-state index in [2.05, 4.69) is 42.6 Å². The van der Waals surface area contributed by atoms with E-state index in [0.717, 1.165) is 18.7 Å². The molecule has 1 N–H and O–H groups in total. The Balaban J connectivity index is 1.95. The lowest BCUT2D eigenvalue weighted by molar-refractivity contribution is 1.02. The number of benzene rings is 2. The van der Waals surface area contributed by atoms with Gasteiger partial charge in [-0.3, -0.25) is 0 Å². The average Bonchev–Trinajstić information content (AvgIpc) is 2.39. The van der Waals surface area contributed by atoms with Crippen molar-refractivity contribution in [1.82, 2.24) is 0 Å². The number of hydrogen-bond acceptors (Lipinski definition) is 2. The SMILES string of the molecule is Cc1cccc(CCNc2ccccc2C#N)c1. The van der Waals surface area contributed by atoms with Gasteiger partial charge in [0.15, 0.2) is 0 Å². The Morgan fingerprint density at radius 2 is 1.94 bits per heavy atom. The predicted molar refractivity (Wildman–Crippen MR) is 74.5 cm³/mol. The molecule has 0 bridgehead atoms. The van der Waals surface area contributed by atoms with Crippen LogP contribution in [-0.4, -0.2) is 6.54 Å². The first-order valence-corrected chi connectivity index (χ1v) is 6.08. The van der Waals surface area contributed by atoms with Gasteiger partial charge in [-0.1, -0.05) is 42.0 Å².